The third-order valence-corrected chi connectivity index (χ3v) is 3.11. The highest BCUT2D eigenvalue weighted by Crippen LogP contribution is 2.37. The van der Waals surface area contributed by atoms with Crippen molar-refractivity contribution in [3.8, 4) is 0 Å². The van der Waals surface area contributed by atoms with Gasteiger partial charge in [0.1, 0.15) is 0 Å². The topological polar surface area (TPSA) is 58.4 Å². The van der Waals surface area contributed by atoms with Crippen LogP contribution in [0.2, 0.25) is 0 Å². The van der Waals surface area contributed by atoms with Crippen LogP contribution < -0.4 is 16.0 Å². The molecule has 1 saturated heterocycles. The maximum atomic E-state index is 13.0. The molecule has 0 spiro atoms. The molecule has 19 heavy (non-hydrogen) atoms. The average Bonchev–Trinajstić information content (AvgIpc) is 2.81. The molecule has 1 unspecified atom stereocenters. The molecule has 2 amide bonds. The fourth-order valence-corrected chi connectivity index (χ4v) is 2.28. The number of rotatable bonds is 2. The van der Waals surface area contributed by atoms with Crippen LogP contribution in [0.4, 0.5) is 23.7 Å². The summed E-state index contributed by atoms with van der Waals surface area (Å²) in [7, 11) is 0. The Bertz CT molecular complexity index is 470. The molecule has 0 radical (unpaired) electrons. The van der Waals surface area contributed by atoms with Crippen LogP contribution in [0.3, 0.4) is 0 Å². The molecule has 0 bridgehead atoms. The summed E-state index contributed by atoms with van der Waals surface area (Å²) in [5.74, 6) is 0. The monoisotopic (exact) mass is 273 g/mol. The van der Waals surface area contributed by atoms with Gasteiger partial charge in [0.25, 0.3) is 0 Å². The Morgan fingerprint density at radius 2 is 2.05 bits per heavy atom. The van der Waals surface area contributed by atoms with Gasteiger partial charge in [-0.2, -0.15) is 13.2 Å². The number of amides is 2. The van der Waals surface area contributed by atoms with Gasteiger partial charge in [-0.3, -0.25) is 4.90 Å². The molecule has 2 rings (SSSR count). The lowest BCUT2D eigenvalue weighted by Crippen LogP contribution is -2.45. The highest BCUT2D eigenvalue weighted by atomic mass is 19.4. The van der Waals surface area contributed by atoms with Crippen molar-refractivity contribution in [1.82, 2.24) is 5.32 Å². The van der Waals surface area contributed by atoms with Crippen LogP contribution in [-0.2, 0) is 6.18 Å². The van der Waals surface area contributed by atoms with Crippen molar-refractivity contribution in [3.05, 3.63) is 29.8 Å². The number of para-hydroxylation sites is 1. The Kier molecular flexibility index (Phi) is 3.66. The van der Waals surface area contributed by atoms with Gasteiger partial charge < -0.3 is 11.1 Å². The van der Waals surface area contributed by atoms with Gasteiger partial charge in [0.2, 0.25) is 0 Å². The minimum Gasteiger partial charge on any atom is -0.351 e. The zero-order chi connectivity index (χ0) is 14.0. The van der Waals surface area contributed by atoms with Crippen molar-refractivity contribution in [2.45, 2.75) is 18.6 Å². The molecule has 1 aliphatic heterocycles. The van der Waals surface area contributed by atoms with E-state index in [4.69, 9.17) is 5.73 Å². The molecule has 0 aliphatic carbocycles. The lowest BCUT2D eigenvalue weighted by atomic mass is 10.1. The Morgan fingerprint density at radius 3 is 2.58 bits per heavy atom. The van der Waals surface area contributed by atoms with Crippen molar-refractivity contribution in [2.75, 3.05) is 18.0 Å². The third kappa shape index (κ3) is 2.81. The predicted octanol–water partition coefficient (Wildman–Crippen LogP) is 1.95. The van der Waals surface area contributed by atoms with Gasteiger partial charge in [0.15, 0.2) is 0 Å². The highest BCUT2D eigenvalue weighted by Gasteiger charge is 2.37. The summed E-state index contributed by atoms with van der Waals surface area (Å²) in [5.41, 5.74) is 4.22. The fraction of sp³-hybridized carbons (Fsp3) is 0.417. The molecule has 1 atom stereocenters. The van der Waals surface area contributed by atoms with Crippen molar-refractivity contribution in [1.29, 1.82) is 0 Å². The van der Waals surface area contributed by atoms with Gasteiger partial charge in [-0.05, 0) is 25.1 Å². The van der Waals surface area contributed by atoms with E-state index in [-0.39, 0.29) is 11.7 Å². The number of hydrogen-bond acceptors (Lipinski definition) is 2. The van der Waals surface area contributed by atoms with Crippen LogP contribution in [0.1, 0.15) is 12.0 Å². The predicted molar refractivity (Wildman–Crippen MR) is 64.8 cm³/mol. The summed E-state index contributed by atoms with van der Waals surface area (Å²) >= 11 is 0. The number of primary amides is 1. The van der Waals surface area contributed by atoms with E-state index in [2.05, 4.69) is 5.32 Å². The SMILES string of the molecule is NC(=O)N(c1ccccc1C(F)(F)F)C1CCNC1. The molecular formula is C12H14F3N3O. The van der Waals surface area contributed by atoms with Gasteiger partial charge >= 0.3 is 12.2 Å². The summed E-state index contributed by atoms with van der Waals surface area (Å²) in [6, 6.07) is 3.76. The molecule has 7 heteroatoms. The van der Waals surface area contributed by atoms with Crippen LogP contribution in [0, 0.1) is 0 Å². The molecular weight excluding hydrogens is 259 g/mol. The lowest BCUT2D eigenvalue weighted by Gasteiger charge is -2.29. The molecule has 1 aromatic carbocycles. The van der Waals surface area contributed by atoms with Crippen LogP contribution in [0.5, 0.6) is 0 Å². The zero-order valence-corrected chi connectivity index (χ0v) is 10.1. The van der Waals surface area contributed by atoms with Crippen molar-refractivity contribution >= 4 is 11.7 Å². The molecule has 1 aromatic rings. The van der Waals surface area contributed by atoms with E-state index in [0.717, 1.165) is 11.0 Å². The van der Waals surface area contributed by atoms with E-state index in [1.165, 1.54) is 18.2 Å². The van der Waals surface area contributed by atoms with E-state index in [0.29, 0.717) is 19.5 Å². The van der Waals surface area contributed by atoms with E-state index in [1.807, 2.05) is 0 Å². The number of carbonyl (C=O) groups is 1. The van der Waals surface area contributed by atoms with Gasteiger partial charge in [-0.15, -0.1) is 0 Å². The van der Waals surface area contributed by atoms with Crippen LogP contribution in [0.15, 0.2) is 24.3 Å². The highest BCUT2D eigenvalue weighted by molar-refractivity contribution is 5.92. The minimum atomic E-state index is -4.52. The van der Waals surface area contributed by atoms with Crippen LogP contribution in [0.25, 0.3) is 0 Å². The van der Waals surface area contributed by atoms with E-state index >= 15 is 0 Å². The zero-order valence-electron chi connectivity index (χ0n) is 10.1. The minimum absolute atomic E-state index is 0.184. The molecule has 1 heterocycles. The second-order valence-electron chi connectivity index (χ2n) is 4.37. The fourth-order valence-electron chi connectivity index (χ4n) is 2.28. The van der Waals surface area contributed by atoms with Gasteiger partial charge in [0, 0.05) is 6.54 Å². The van der Waals surface area contributed by atoms with Gasteiger partial charge in [0.05, 0.1) is 17.3 Å². The van der Waals surface area contributed by atoms with Gasteiger partial charge in [-0.25, -0.2) is 4.79 Å². The smallest absolute Gasteiger partial charge is 0.351 e. The van der Waals surface area contributed by atoms with Crippen molar-refractivity contribution < 1.29 is 18.0 Å². The van der Waals surface area contributed by atoms with Gasteiger partial charge in [-0.1, -0.05) is 12.1 Å². The first-order valence-corrected chi connectivity index (χ1v) is 5.87. The number of urea groups is 1. The Morgan fingerprint density at radius 1 is 1.37 bits per heavy atom. The Balaban J connectivity index is 2.45. The summed E-state index contributed by atoms with van der Waals surface area (Å²) in [6.45, 7) is 1.10. The number of hydrogen-bond donors (Lipinski definition) is 2. The number of benzene rings is 1. The number of anilines is 1. The Labute approximate surface area is 108 Å². The number of halogens is 3. The second kappa shape index (κ2) is 5.08. The molecule has 3 N–H and O–H groups in total. The lowest BCUT2D eigenvalue weighted by molar-refractivity contribution is -0.137. The van der Waals surface area contributed by atoms with Crippen molar-refractivity contribution in [2.24, 2.45) is 5.73 Å². The first-order valence-electron chi connectivity index (χ1n) is 5.87. The second-order valence-corrected chi connectivity index (χ2v) is 4.37. The number of carbonyl (C=O) groups excluding carboxylic acids is 1. The van der Waals surface area contributed by atoms with Crippen LogP contribution >= 0.6 is 0 Å². The molecule has 0 aromatic heterocycles. The van der Waals surface area contributed by atoms with E-state index < -0.39 is 17.8 Å². The van der Waals surface area contributed by atoms with Crippen molar-refractivity contribution in [3.63, 3.8) is 0 Å². The quantitative estimate of drug-likeness (QED) is 0.865. The maximum absolute atomic E-state index is 13.0. The Hall–Kier alpha value is -1.76. The first kappa shape index (κ1) is 13.7. The van der Waals surface area contributed by atoms with Crippen LogP contribution in [-0.4, -0.2) is 25.2 Å². The summed E-state index contributed by atoms with van der Waals surface area (Å²) in [6.07, 6.45) is -3.94. The standard InChI is InChI=1S/C12H14F3N3O/c13-12(14,15)9-3-1-2-4-10(9)18(11(16)19)8-5-6-17-7-8/h1-4,8,17H,5-7H2,(H2,16,19). The normalized spacial score (nSPS) is 19.4. The summed E-state index contributed by atoms with van der Waals surface area (Å²) < 4.78 is 38.9. The molecule has 104 valence electrons. The summed E-state index contributed by atoms with van der Waals surface area (Å²) in [4.78, 5) is 12.5. The number of alkyl halides is 3. The average molecular weight is 273 g/mol. The van der Waals surface area contributed by atoms with E-state index in [9.17, 15) is 18.0 Å². The maximum Gasteiger partial charge on any atom is 0.418 e. The molecule has 1 fully saturated rings. The van der Waals surface area contributed by atoms with E-state index in [1.54, 1.807) is 0 Å². The first-order chi connectivity index (χ1) is 8.91. The molecule has 1 aliphatic rings. The summed E-state index contributed by atoms with van der Waals surface area (Å²) in [5, 5.41) is 3.00. The molecule has 4 nitrogen and oxygen atoms in total. The number of nitrogens with zero attached hydrogens (tertiary/aromatic N) is 1. The largest absolute Gasteiger partial charge is 0.418 e. The molecule has 0 saturated carbocycles. The number of nitrogens with two attached hydrogens (primary N) is 1. The third-order valence-electron chi connectivity index (χ3n) is 3.11. The number of nitrogens with one attached hydrogen (secondary N) is 1.